The van der Waals surface area contributed by atoms with Crippen LogP contribution in [0.4, 0.5) is 4.79 Å². The van der Waals surface area contributed by atoms with Crippen LogP contribution in [0.3, 0.4) is 0 Å². The summed E-state index contributed by atoms with van der Waals surface area (Å²) in [6.07, 6.45) is 12.9. The fraction of sp³-hybridized carbons (Fsp3) is 0.462. The van der Waals surface area contributed by atoms with E-state index < -0.39 is 0 Å². The Morgan fingerprint density at radius 2 is 1.95 bits per heavy atom. The standard InChI is InChI=1S/C26H35N9O2S/c1-16(2)34-7-5-18(6-8-34)10-28-26(37)31-20-9-22(17(3)27-12-20)32-24(36)21-13-30-35-15-23(38-25(21)35)19-11-29-33(4)14-19/h9,11-18,27H,5-8,10H2,1-4H3,(H,32,36)(H2,28,31,37). The van der Waals surface area contributed by atoms with Gasteiger partial charge in [0.1, 0.15) is 4.83 Å². The predicted molar refractivity (Wildman–Crippen MR) is 147 cm³/mol. The fourth-order valence-corrected chi connectivity index (χ4v) is 5.80. The van der Waals surface area contributed by atoms with Gasteiger partial charge >= 0.3 is 6.03 Å². The van der Waals surface area contributed by atoms with Crippen LogP contribution in [0.25, 0.3) is 15.3 Å². The molecule has 1 unspecified atom stereocenters. The van der Waals surface area contributed by atoms with Crippen molar-refractivity contribution < 1.29 is 9.59 Å². The lowest BCUT2D eigenvalue weighted by atomic mass is 9.96. The maximum atomic E-state index is 13.2. The first-order valence-electron chi connectivity index (χ1n) is 13.0. The van der Waals surface area contributed by atoms with Gasteiger partial charge in [-0.3, -0.25) is 9.48 Å². The van der Waals surface area contributed by atoms with E-state index in [1.54, 1.807) is 33.9 Å². The van der Waals surface area contributed by atoms with E-state index in [4.69, 9.17) is 0 Å². The SMILES string of the molecule is CC1NC=C(NC(=O)NCC2CCN(C(C)C)CC2)C=C1NC(=O)c1cnn2cc(-c3cnn(C)c3)sc12. The number of allylic oxidation sites excluding steroid dienone is 1. The van der Waals surface area contributed by atoms with Crippen LogP contribution in [0.1, 0.15) is 44.0 Å². The second-order valence-electron chi connectivity index (χ2n) is 10.3. The lowest BCUT2D eigenvalue weighted by molar-refractivity contribution is 0.0964. The summed E-state index contributed by atoms with van der Waals surface area (Å²) >= 11 is 1.49. The van der Waals surface area contributed by atoms with Gasteiger partial charge in [-0.05, 0) is 58.7 Å². The number of nitrogens with one attached hydrogen (secondary N) is 4. The smallest absolute Gasteiger partial charge is 0.319 e. The summed E-state index contributed by atoms with van der Waals surface area (Å²) in [5.41, 5.74) is 2.71. The molecule has 5 heterocycles. The van der Waals surface area contributed by atoms with Crippen LogP contribution in [0.2, 0.25) is 0 Å². The first-order chi connectivity index (χ1) is 18.3. The van der Waals surface area contributed by atoms with Crippen LogP contribution in [0.5, 0.6) is 0 Å². The van der Waals surface area contributed by atoms with Crippen LogP contribution in [0, 0.1) is 5.92 Å². The zero-order chi connectivity index (χ0) is 26.8. The zero-order valence-electron chi connectivity index (χ0n) is 22.2. The predicted octanol–water partition coefficient (Wildman–Crippen LogP) is 2.66. The average Bonchev–Trinajstić information content (AvgIpc) is 3.60. The molecule has 11 nitrogen and oxygen atoms in total. The summed E-state index contributed by atoms with van der Waals surface area (Å²) in [5, 5.41) is 20.7. The Kier molecular flexibility index (Phi) is 7.52. The third kappa shape index (κ3) is 5.76. The van der Waals surface area contributed by atoms with Gasteiger partial charge < -0.3 is 26.2 Å². The molecule has 0 radical (unpaired) electrons. The number of hydrogen-bond acceptors (Lipinski definition) is 7. The molecule has 1 saturated heterocycles. The Labute approximate surface area is 226 Å². The molecule has 0 aromatic carbocycles. The van der Waals surface area contributed by atoms with E-state index in [9.17, 15) is 9.59 Å². The largest absolute Gasteiger partial charge is 0.381 e. The van der Waals surface area contributed by atoms with E-state index in [1.165, 1.54) is 11.3 Å². The summed E-state index contributed by atoms with van der Waals surface area (Å²) in [6, 6.07) is 0.191. The number of carbonyl (C=O) groups is 2. The molecule has 1 fully saturated rings. The van der Waals surface area contributed by atoms with Gasteiger partial charge in [-0.2, -0.15) is 10.2 Å². The number of likely N-dealkylation sites (tertiary alicyclic amines) is 1. The number of fused-ring (bicyclic) bond motifs is 1. The number of hydrogen-bond donors (Lipinski definition) is 4. The Morgan fingerprint density at radius 3 is 2.66 bits per heavy atom. The van der Waals surface area contributed by atoms with E-state index in [0.717, 1.165) is 41.2 Å². The highest BCUT2D eigenvalue weighted by molar-refractivity contribution is 7.21. The molecule has 1 atom stereocenters. The molecule has 12 heteroatoms. The molecular weight excluding hydrogens is 502 g/mol. The molecule has 0 bridgehead atoms. The number of piperidine rings is 1. The highest BCUT2D eigenvalue weighted by Crippen LogP contribution is 2.30. The van der Waals surface area contributed by atoms with Gasteiger partial charge in [0, 0.05) is 49.5 Å². The Morgan fingerprint density at radius 1 is 1.16 bits per heavy atom. The van der Waals surface area contributed by atoms with Crippen LogP contribution in [-0.4, -0.2) is 68.0 Å². The zero-order valence-corrected chi connectivity index (χ0v) is 23.0. The molecule has 2 aliphatic heterocycles. The Hall–Kier alpha value is -3.64. The van der Waals surface area contributed by atoms with Crippen LogP contribution < -0.4 is 21.3 Å². The van der Waals surface area contributed by atoms with Gasteiger partial charge in [0.25, 0.3) is 5.91 Å². The van der Waals surface area contributed by atoms with Crippen LogP contribution in [0.15, 0.2) is 48.5 Å². The van der Waals surface area contributed by atoms with Crippen molar-refractivity contribution in [3.63, 3.8) is 0 Å². The van der Waals surface area contributed by atoms with E-state index in [1.807, 2.05) is 26.4 Å². The van der Waals surface area contributed by atoms with Crippen LogP contribution in [-0.2, 0) is 7.05 Å². The van der Waals surface area contributed by atoms with Crippen LogP contribution >= 0.6 is 11.3 Å². The van der Waals surface area contributed by atoms with Crippen molar-refractivity contribution in [2.45, 2.75) is 45.7 Å². The molecule has 3 aromatic rings. The summed E-state index contributed by atoms with van der Waals surface area (Å²) in [5.74, 6) is 0.237. The third-order valence-electron chi connectivity index (χ3n) is 7.14. The third-order valence-corrected chi connectivity index (χ3v) is 8.30. The summed E-state index contributed by atoms with van der Waals surface area (Å²) in [7, 11) is 1.87. The first kappa shape index (κ1) is 26.0. The molecule has 3 amide bonds. The van der Waals surface area contributed by atoms with Gasteiger partial charge in [-0.25, -0.2) is 9.31 Å². The summed E-state index contributed by atoms with van der Waals surface area (Å²) in [4.78, 5) is 30.0. The van der Waals surface area contributed by atoms with Crippen molar-refractivity contribution in [3.8, 4) is 10.4 Å². The van der Waals surface area contributed by atoms with Gasteiger partial charge in [0.2, 0.25) is 0 Å². The molecule has 3 aromatic heterocycles. The molecule has 5 rings (SSSR count). The van der Waals surface area contributed by atoms with E-state index in [2.05, 4.69) is 50.2 Å². The van der Waals surface area contributed by atoms with Gasteiger partial charge in [0.05, 0.1) is 34.6 Å². The molecule has 202 valence electrons. The number of urea groups is 1. The van der Waals surface area contributed by atoms with Crippen molar-refractivity contribution in [3.05, 3.63) is 54.0 Å². The second-order valence-corrected chi connectivity index (χ2v) is 11.3. The number of rotatable bonds is 7. The number of nitrogens with zero attached hydrogens (tertiary/aromatic N) is 5. The number of dihydropyridines is 1. The molecular formula is C26H35N9O2S. The molecule has 0 spiro atoms. The quantitative estimate of drug-likeness (QED) is 0.368. The maximum Gasteiger partial charge on any atom is 0.319 e. The number of aromatic nitrogens is 4. The minimum Gasteiger partial charge on any atom is -0.381 e. The summed E-state index contributed by atoms with van der Waals surface area (Å²) < 4.78 is 3.45. The average molecular weight is 538 g/mol. The first-order valence-corrected chi connectivity index (χ1v) is 13.8. The number of aryl methyl sites for hydroxylation is 1. The normalized spacial score (nSPS) is 18.7. The highest BCUT2D eigenvalue weighted by atomic mass is 32.1. The van der Waals surface area contributed by atoms with Crippen molar-refractivity contribution in [1.29, 1.82) is 0 Å². The Balaban J connectivity index is 1.18. The van der Waals surface area contributed by atoms with Gasteiger partial charge in [-0.1, -0.05) is 0 Å². The minimum atomic E-state index is -0.252. The van der Waals surface area contributed by atoms with Gasteiger partial charge in [-0.15, -0.1) is 11.3 Å². The Bertz CT molecular complexity index is 1370. The fourth-order valence-electron chi connectivity index (χ4n) is 4.76. The van der Waals surface area contributed by atoms with Crippen molar-refractivity contribution in [1.82, 2.24) is 45.6 Å². The summed E-state index contributed by atoms with van der Waals surface area (Å²) in [6.45, 7) is 9.20. The molecule has 4 N–H and O–H groups in total. The molecule has 0 aliphatic carbocycles. The van der Waals surface area contributed by atoms with Crippen molar-refractivity contribution in [2.75, 3.05) is 19.6 Å². The molecule has 0 saturated carbocycles. The lowest BCUT2D eigenvalue weighted by Gasteiger charge is -2.34. The minimum absolute atomic E-state index is 0.126. The second kappa shape index (κ2) is 11.0. The van der Waals surface area contributed by atoms with Gasteiger partial charge in [0.15, 0.2) is 0 Å². The molecule has 38 heavy (non-hydrogen) atoms. The maximum absolute atomic E-state index is 13.2. The highest BCUT2D eigenvalue weighted by Gasteiger charge is 2.23. The van der Waals surface area contributed by atoms with E-state index in [-0.39, 0.29) is 18.0 Å². The number of amides is 3. The van der Waals surface area contributed by atoms with Crippen molar-refractivity contribution in [2.24, 2.45) is 13.0 Å². The van der Waals surface area contributed by atoms with E-state index >= 15 is 0 Å². The van der Waals surface area contributed by atoms with Crippen molar-refractivity contribution >= 4 is 28.1 Å². The molecule has 2 aliphatic rings. The topological polar surface area (TPSA) is 121 Å². The van der Waals surface area contributed by atoms with E-state index in [0.29, 0.717) is 35.5 Å². The number of thiazole rings is 1. The monoisotopic (exact) mass is 537 g/mol. The lowest BCUT2D eigenvalue weighted by Crippen LogP contribution is -2.44. The number of carbonyl (C=O) groups excluding carboxylic acids is 2.